The maximum absolute atomic E-state index is 11.4. The van der Waals surface area contributed by atoms with Crippen molar-refractivity contribution in [2.45, 2.75) is 0 Å². The maximum Gasteiger partial charge on any atom is 0.377 e. The van der Waals surface area contributed by atoms with Gasteiger partial charge >= 0.3 is 11.7 Å². The molecule has 0 fully saturated rings. The Morgan fingerprint density at radius 2 is 1.80 bits per heavy atom. The van der Waals surface area contributed by atoms with Gasteiger partial charge in [-0.3, -0.25) is 14.2 Å². The Balaban J connectivity index is 3.60. The molecule has 1 N–H and O–H groups in total. The van der Waals surface area contributed by atoms with Gasteiger partial charge in [0, 0.05) is 20.3 Å². The van der Waals surface area contributed by atoms with Crippen LogP contribution in [0.3, 0.4) is 0 Å². The number of Topliss-reactive ketones (excluding diaryl/α,β-unsaturated/α-hetero) is 1. The fraction of sp³-hybridized carbons (Fsp3) is 0.250. The third kappa shape index (κ3) is 1.71. The number of hydrogen-bond donors (Lipinski definition) is 1. The minimum atomic E-state index is -1.73. The quantitative estimate of drug-likeness (QED) is 0.468. The summed E-state index contributed by atoms with van der Waals surface area (Å²) in [6.45, 7) is 0. The van der Waals surface area contributed by atoms with Crippen molar-refractivity contribution in [2.75, 3.05) is 0 Å². The molecule has 1 aromatic heterocycles. The van der Waals surface area contributed by atoms with E-state index in [4.69, 9.17) is 5.11 Å². The minimum absolute atomic E-state index is 0.535. The summed E-state index contributed by atoms with van der Waals surface area (Å²) in [4.78, 5) is 44.0. The van der Waals surface area contributed by atoms with Crippen molar-refractivity contribution >= 4 is 11.8 Å². The van der Waals surface area contributed by atoms with E-state index in [0.29, 0.717) is 4.57 Å². The fourth-order valence-electron chi connectivity index (χ4n) is 1.08. The molecule has 1 heterocycles. The molecule has 0 bridgehead atoms. The average Bonchev–Trinajstić information content (AvgIpc) is 2.19. The normalized spacial score (nSPS) is 10.0. The summed E-state index contributed by atoms with van der Waals surface area (Å²) in [6.07, 6.45) is 0.918. The van der Waals surface area contributed by atoms with Gasteiger partial charge in [-0.1, -0.05) is 0 Å². The van der Waals surface area contributed by atoms with E-state index in [1.165, 1.54) is 14.1 Å². The lowest BCUT2D eigenvalue weighted by Gasteiger charge is -2.03. The second-order valence-electron chi connectivity index (χ2n) is 2.93. The predicted octanol–water partition coefficient (Wildman–Crippen LogP) is -1.65. The van der Waals surface area contributed by atoms with Crippen LogP contribution in [-0.2, 0) is 18.9 Å². The van der Waals surface area contributed by atoms with Gasteiger partial charge in [0.15, 0.2) is 0 Å². The monoisotopic (exact) mass is 212 g/mol. The summed E-state index contributed by atoms with van der Waals surface area (Å²) >= 11 is 0. The van der Waals surface area contributed by atoms with Crippen molar-refractivity contribution in [2.24, 2.45) is 14.1 Å². The van der Waals surface area contributed by atoms with Crippen molar-refractivity contribution in [3.8, 4) is 0 Å². The largest absolute Gasteiger partial charge is 0.475 e. The lowest BCUT2D eigenvalue weighted by atomic mass is 10.2. The van der Waals surface area contributed by atoms with Gasteiger partial charge in [0.1, 0.15) is 5.56 Å². The van der Waals surface area contributed by atoms with Gasteiger partial charge in [-0.15, -0.1) is 0 Å². The second kappa shape index (κ2) is 3.52. The number of hydrogen-bond acceptors (Lipinski definition) is 4. The molecule has 0 aliphatic rings. The van der Waals surface area contributed by atoms with Gasteiger partial charge in [-0.25, -0.2) is 9.59 Å². The van der Waals surface area contributed by atoms with Crippen LogP contribution in [0, 0.1) is 0 Å². The smallest absolute Gasteiger partial charge is 0.377 e. The lowest BCUT2D eigenvalue weighted by molar-refractivity contribution is -0.131. The molecule has 1 aromatic rings. The number of carbonyl (C=O) groups is 2. The zero-order valence-electron chi connectivity index (χ0n) is 8.05. The molecule has 0 aliphatic carbocycles. The van der Waals surface area contributed by atoms with E-state index in [0.717, 1.165) is 10.8 Å². The Morgan fingerprint density at radius 3 is 2.27 bits per heavy atom. The number of nitrogens with zero attached hydrogens (tertiary/aromatic N) is 2. The van der Waals surface area contributed by atoms with Crippen molar-refractivity contribution in [1.82, 2.24) is 9.13 Å². The molecule has 0 aromatic carbocycles. The average molecular weight is 212 g/mol. The van der Waals surface area contributed by atoms with Gasteiger partial charge < -0.3 is 9.67 Å². The number of aryl methyl sites for hydroxylation is 1. The maximum atomic E-state index is 11.4. The first-order valence-corrected chi connectivity index (χ1v) is 3.90. The molecule has 0 aliphatic heterocycles. The zero-order chi connectivity index (χ0) is 11.7. The first-order chi connectivity index (χ1) is 6.86. The van der Waals surface area contributed by atoms with E-state index in [1.54, 1.807) is 0 Å². The predicted molar refractivity (Wildman–Crippen MR) is 48.9 cm³/mol. The topological polar surface area (TPSA) is 98.4 Å². The molecule has 15 heavy (non-hydrogen) atoms. The van der Waals surface area contributed by atoms with Crippen molar-refractivity contribution in [1.29, 1.82) is 0 Å². The second-order valence-corrected chi connectivity index (χ2v) is 2.93. The van der Waals surface area contributed by atoms with E-state index in [-0.39, 0.29) is 0 Å². The van der Waals surface area contributed by atoms with Crippen LogP contribution in [0.4, 0.5) is 0 Å². The highest BCUT2D eigenvalue weighted by Crippen LogP contribution is 1.90. The van der Waals surface area contributed by atoms with Crippen LogP contribution >= 0.6 is 0 Å². The highest BCUT2D eigenvalue weighted by molar-refractivity contribution is 6.39. The van der Waals surface area contributed by atoms with Gasteiger partial charge in [-0.2, -0.15) is 0 Å². The molecular weight excluding hydrogens is 204 g/mol. The highest BCUT2D eigenvalue weighted by atomic mass is 16.4. The summed E-state index contributed by atoms with van der Waals surface area (Å²) in [5, 5.41) is 8.43. The molecule has 0 spiro atoms. The van der Waals surface area contributed by atoms with Crippen LogP contribution in [0.25, 0.3) is 0 Å². The van der Waals surface area contributed by atoms with Crippen LogP contribution in [0.1, 0.15) is 10.4 Å². The number of carboxylic acids is 1. The summed E-state index contributed by atoms with van der Waals surface area (Å²) in [6, 6.07) is 0. The van der Waals surface area contributed by atoms with Gasteiger partial charge in [0.2, 0.25) is 0 Å². The van der Waals surface area contributed by atoms with Crippen molar-refractivity contribution in [3.05, 3.63) is 32.6 Å². The number of aromatic nitrogens is 2. The van der Waals surface area contributed by atoms with E-state index in [2.05, 4.69) is 0 Å². The van der Waals surface area contributed by atoms with E-state index < -0.39 is 28.6 Å². The first-order valence-electron chi connectivity index (χ1n) is 3.90. The third-order valence-corrected chi connectivity index (χ3v) is 1.89. The molecule has 0 atom stereocenters. The van der Waals surface area contributed by atoms with E-state index >= 15 is 0 Å². The summed E-state index contributed by atoms with van der Waals surface area (Å²) in [7, 11) is 2.49. The fourth-order valence-corrected chi connectivity index (χ4v) is 1.08. The molecule has 7 heteroatoms. The molecule has 0 radical (unpaired) electrons. The Kier molecular flexibility index (Phi) is 2.56. The Morgan fingerprint density at radius 1 is 1.27 bits per heavy atom. The van der Waals surface area contributed by atoms with Gasteiger partial charge in [-0.05, 0) is 0 Å². The third-order valence-electron chi connectivity index (χ3n) is 1.89. The first kappa shape index (κ1) is 10.9. The van der Waals surface area contributed by atoms with Crippen LogP contribution in [0.15, 0.2) is 15.8 Å². The molecule has 0 unspecified atom stereocenters. The SMILES string of the molecule is Cn1cc(C(=O)C(=O)O)c(=O)n(C)c1=O. The number of ketones is 1. The highest BCUT2D eigenvalue weighted by Gasteiger charge is 2.20. The summed E-state index contributed by atoms with van der Waals surface area (Å²) in [5.41, 5.74) is -2.07. The van der Waals surface area contributed by atoms with Crippen LogP contribution in [0.2, 0.25) is 0 Å². The molecule has 80 valence electrons. The van der Waals surface area contributed by atoms with Crippen LogP contribution in [0.5, 0.6) is 0 Å². The van der Waals surface area contributed by atoms with E-state index in [9.17, 15) is 19.2 Å². The molecule has 0 saturated heterocycles. The van der Waals surface area contributed by atoms with Gasteiger partial charge in [0.05, 0.1) is 0 Å². The number of carbonyl (C=O) groups excluding carboxylic acids is 1. The molecule has 7 nitrogen and oxygen atoms in total. The molecule has 1 rings (SSSR count). The van der Waals surface area contributed by atoms with Crippen molar-refractivity contribution < 1.29 is 14.7 Å². The van der Waals surface area contributed by atoms with Crippen LogP contribution < -0.4 is 11.2 Å². The molecule has 0 amide bonds. The van der Waals surface area contributed by atoms with Crippen LogP contribution in [-0.4, -0.2) is 26.0 Å². The number of carboxylic acid groups (broad SMARTS) is 1. The van der Waals surface area contributed by atoms with E-state index in [1.807, 2.05) is 0 Å². The number of aliphatic carboxylic acids is 1. The standard InChI is InChI=1S/C8H8N2O5/c1-9-3-4(5(11)7(13)14)6(12)10(2)8(9)15/h3H,1-2H3,(H,13,14). The Labute approximate surface area is 83.2 Å². The Hall–Kier alpha value is -2.18. The van der Waals surface area contributed by atoms with Gasteiger partial charge in [0.25, 0.3) is 11.3 Å². The Bertz CT molecular complexity index is 551. The zero-order valence-corrected chi connectivity index (χ0v) is 8.05. The molecule has 0 saturated carbocycles. The number of rotatable bonds is 2. The van der Waals surface area contributed by atoms with Crippen molar-refractivity contribution in [3.63, 3.8) is 0 Å². The summed E-state index contributed by atoms with van der Waals surface area (Å²) in [5.74, 6) is -3.06. The summed E-state index contributed by atoms with van der Waals surface area (Å²) < 4.78 is 1.65. The minimum Gasteiger partial charge on any atom is -0.475 e. The molecular formula is C8H8N2O5. The lowest BCUT2D eigenvalue weighted by Crippen LogP contribution is -2.40.